The predicted octanol–water partition coefficient (Wildman–Crippen LogP) is 6.76. The first-order chi connectivity index (χ1) is 14.5. The monoisotopic (exact) mass is 425 g/mol. The number of allylic oxidation sites excluding steroid dienone is 8. The molecule has 0 amide bonds. The second kappa shape index (κ2) is 13.3. The van der Waals surface area contributed by atoms with Gasteiger partial charge in [0.25, 0.3) is 0 Å². The van der Waals surface area contributed by atoms with E-state index in [1.807, 2.05) is 52.0 Å². The van der Waals surface area contributed by atoms with E-state index in [9.17, 15) is 9.90 Å². The molecule has 0 aliphatic rings. The number of aromatic nitrogens is 1. The summed E-state index contributed by atoms with van der Waals surface area (Å²) in [7, 11) is 0. The summed E-state index contributed by atoms with van der Waals surface area (Å²) in [6.07, 6.45) is 16.6. The smallest absolute Gasteiger partial charge is 0.349 e. The highest BCUT2D eigenvalue weighted by Gasteiger charge is 2.26. The van der Waals surface area contributed by atoms with Crippen LogP contribution in [0.15, 0.2) is 73.1 Å². The van der Waals surface area contributed by atoms with E-state index in [0.717, 1.165) is 22.0 Å². The Hall–Kier alpha value is -2.92. The van der Waals surface area contributed by atoms with Gasteiger partial charge >= 0.3 is 5.97 Å². The Morgan fingerprint density at radius 3 is 2.50 bits per heavy atom. The lowest BCUT2D eigenvalue weighted by atomic mass is 10.1. The molecule has 0 aliphatic carbocycles. The fourth-order valence-electron chi connectivity index (χ4n) is 2.76. The summed E-state index contributed by atoms with van der Waals surface area (Å²) < 4.78 is 6.02. The summed E-state index contributed by atoms with van der Waals surface area (Å²) in [5, 5.41) is 10.6. The second-order valence-electron chi connectivity index (χ2n) is 6.20. The predicted molar refractivity (Wildman–Crippen MR) is 128 cm³/mol. The molecule has 1 N–H and O–H groups in total. The van der Waals surface area contributed by atoms with Gasteiger partial charge in [-0.15, -0.1) is 11.3 Å². The van der Waals surface area contributed by atoms with Crippen molar-refractivity contribution in [2.75, 3.05) is 0 Å². The van der Waals surface area contributed by atoms with Gasteiger partial charge in [-0.2, -0.15) is 0 Å². The maximum Gasteiger partial charge on any atom is 0.349 e. The number of hydrogen-bond acceptors (Lipinski definition) is 4. The summed E-state index contributed by atoms with van der Waals surface area (Å²) in [5.74, 6) is -0.599. The number of carboxylic acid groups (broad SMARTS) is 1. The Bertz CT molecular complexity index is 897. The van der Waals surface area contributed by atoms with Crippen LogP contribution in [0.25, 0.3) is 11.6 Å². The van der Waals surface area contributed by atoms with E-state index < -0.39 is 12.1 Å². The standard InChI is InChI=1S/C25H31NO3S/c1-7-13-17-22-20(11-5)26-24(30-22)19(16-10-4)21(12-6)29-23(25(27)28)18(14-8-2)15-9-3/h7-8,10,12-17,23H,1,4,9,11H2,2-3,5-6H3,(H,27,28)/b14-8-,17-13-,18-15+,19-16+,21-12+. The highest BCUT2D eigenvalue weighted by molar-refractivity contribution is 7.13. The van der Waals surface area contributed by atoms with Gasteiger partial charge in [0, 0.05) is 0 Å². The first kappa shape index (κ1) is 25.1. The fourth-order valence-corrected chi connectivity index (χ4v) is 3.86. The lowest BCUT2D eigenvalue weighted by molar-refractivity contribution is -0.145. The van der Waals surface area contributed by atoms with Crippen LogP contribution in [0.5, 0.6) is 0 Å². The first-order valence-corrected chi connectivity index (χ1v) is 10.8. The molecular weight excluding hydrogens is 394 g/mol. The Balaban J connectivity index is 3.44. The molecule has 0 aliphatic heterocycles. The van der Waals surface area contributed by atoms with E-state index in [2.05, 4.69) is 13.2 Å². The van der Waals surface area contributed by atoms with E-state index >= 15 is 0 Å². The van der Waals surface area contributed by atoms with Crippen molar-refractivity contribution in [2.24, 2.45) is 0 Å². The van der Waals surface area contributed by atoms with E-state index in [1.165, 1.54) is 11.3 Å². The molecule has 4 nitrogen and oxygen atoms in total. The van der Waals surface area contributed by atoms with Crippen molar-refractivity contribution < 1.29 is 14.6 Å². The largest absolute Gasteiger partial charge is 0.478 e. The molecule has 0 saturated heterocycles. The number of ether oxygens (including phenoxy) is 1. The molecule has 0 saturated carbocycles. The Labute approximate surface area is 184 Å². The number of aryl methyl sites for hydroxylation is 1. The third kappa shape index (κ3) is 6.85. The Kier molecular flexibility index (Phi) is 11.2. The number of aliphatic carboxylic acids is 1. The van der Waals surface area contributed by atoms with E-state index in [-0.39, 0.29) is 0 Å². The zero-order chi connectivity index (χ0) is 22.5. The molecule has 0 aromatic carbocycles. The molecule has 0 fully saturated rings. The highest BCUT2D eigenvalue weighted by atomic mass is 32.1. The molecule has 0 spiro atoms. The summed E-state index contributed by atoms with van der Waals surface area (Å²) >= 11 is 1.52. The minimum Gasteiger partial charge on any atom is -0.478 e. The van der Waals surface area contributed by atoms with Gasteiger partial charge in [0.15, 0.2) is 0 Å². The molecule has 160 valence electrons. The molecule has 30 heavy (non-hydrogen) atoms. The van der Waals surface area contributed by atoms with Crippen LogP contribution < -0.4 is 0 Å². The van der Waals surface area contributed by atoms with Gasteiger partial charge < -0.3 is 9.84 Å². The Morgan fingerprint density at radius 1 is 1.27 bits per heavy atom. The lowest BCUT2D eigenvalue weighted by Crippen LogP contribution is -2.25. The average molecular weight is 426 g/mol. The molecule has 0 radical (unpaired) electrons. The number of hydrogen-bond donors (Lipinski definition) is 1. The van der Waals surface area contributed by atoms with Crippen LogP contribution in [0, 0.1) is 0 Å². The lowest BCUT2D eigenvalue weighted by Gasteiger charge is -2.20. The van der Waals surface area contributed by atoms with Crippen molar-refractivity contribution >= 4 is 29.0 Å². The minimum absolute atomic E-state index is 0.449. The second-order valence-corrected chi connectivity index (χ2v) is 7.23. The van der Waals surface area contributed by atoms with Crippen LogP contribution in [-0.2, 0) is 16.0 Å². The number of carbonyl (C=O) groups is 1. The zero-order valence-electron chi connectivity index (χ0n) is 18.2. The summed E-state index contributed by atoms with van der Waals surface area (Å²) in [4.78, 5) is 17.8. The maximum absolute atomic E-state index is 12.0. The van der Waals surface area contributed by atoms with Crippen LogP contribution >= 0.6 is 11.3 Å². The summed E-state index contributed by atoms with van der Waals surface area (Å²) in [5.41, 5.74) is 2.27. The van der Waals surface area contributed by atoms with Crippen molar-refractivity contribution in [3.63, 3.8) is 0 Å². The van der Waals surface area contributed by atoms with Crippen LogP contribution in [0.2, 0.25) is 0 Å². The summed E-state index contributed by atoms with van der Waals surface area (Å²) in [6.45, 7) is 15.2. The quantitative estimate of drug-likeness (QED) is 0.297. The summed E-state index contributed by atoms with van der Waals surface area (Å²) in [6, 6.07) is 0. The molecule has 0 bridgehead atoms. The van der Waals surface area contributed by atoms with Gasteiger partial charge in [-0.25, -0.2) is 9.78 Å². The number of nitrogens with zero attached hydrogens (tertiary/aromatic N) is 1. The van der Waals surface area contributed by atoms with Gasteiger partial charge in [-0.3, -0.25) is 0 Å². The number of rotatable bonds is 12. The van der Waals surface area contributed by atoms with Crippen LogP contribution in [0.1, 0.15) is 49.7 Å². The zero-order valence-corrected chi connectivity index (χ0v) is 19.0. The van der Waals surface area contributed by atoms with E-state index in [4.69, 9.17) is 9.72 Å². The molecule has 1 heterocycles. The van der Waals surface area contributed by atoms with Crippen LogP contribution in [0.3, 0.4) is 0 Å². The minimum atomic E-state index is -1.12. The van der Waals surface area contributed by atoms with Gasteiger partial charge in [0.2, 0.25) is 6.10 Å². The molecule has 1 aromatic heterocycles. The van der Waals surface area contributed by atoms with Gasteiger partial charge in [-0.1, -0.05) is 63.5 Å². The molecule has 5 heteroatoms. The third-order valence-electron chi connectivity index (χ3n) is 4.06. The number of thiazole rings is 1. The topological polar surface area (TPSA) is 59.4 Å². The average Bonchev–Trinajstić information content (AvgIpc) is 3.14. The van der Waals surface area contributed by atoms with Crippen molar-refractivity contribution in [3.05, 3.63) is 88.7 Å². The fraction of sp³-hybridized carbons (Fsp3) is 0.280. The van der Waals surface area contributed by atoms with Crippen molar-refractivity contribution in [1.82, 2.24) is 4.98 Å². The molecule has 1 unspecified atom stereocenters. The maximum atomic E-state index is 12.0. The van der Waals surface area contributed by atoms with Crippen molar-refractivity contribution in [2.45, 2.75) is 46.6 Å². The van der Waals surface area contributed by atoms with Gasteiger partial charge in [0.1, 0.15) is 10.8 Å². The van der Waals surface area contributed by atoms with Gasteiger partial charge in [0.05, 0.1) is 16.1 Å². The van der Waals surface area contributed by atoms with Gasteiger partial charge in [-0.05, 0) is 50.5 Å². The van der Waals surface area contributed by atoms with Crippen molar-refractivity contribution in [3.8, 4) is 0 Å². The first-order valence-electron chi connectivity index (χ1n) is 9.97. The molecule has 1 rings (SSSR count). The normalized spacial score (nSPS) is 14.3. The van der Waals surface area contributed by atoms with Crippen LogP contribution in [-0.4, -0.2) is 22.2 Å². The van der Waals surface area contributed by atoms with Crippen LogP contribution in [0.4, 0.5) is 0 Å². The Morgan fingerprint density at radius 2 is 2.00 bits per heavy atom. The highest BCUT2D eigenvalue weighted by Crippen LogP contribution is 2.33. The SMILES string of the molecule is C=C/C=C\c1sc(C(=C/C=C)/C(=C\C)OC(C(=O)O)C(/C=C\C)=C/CC)nc1CC. The number of carboxylic acids is 1. The molecule has 1 aromatic rings. The molecule has 1 atom stereocenters. The van der Waals surface area contributed by atoms with E-state index in [0.29, 0.717) is 23.3 Å². The van der Waals surface area contributed by atoms with E-state index in [1.54, 1.807) is 30.4 Å². The van der Waals surface area contributed by atoms with Crippen molar-refractivity contribution in [1.29, 1.82) is 0 Å². The molecular formula is C25H31NO3S. The third-order valence-corrected chi connectivity index (χ3v) is 5.16.